The molecule has 0 saturated carbocycles. The van der Waals surface area contributed by atoms with Gasteiger partial charge in [-0.3, -0.25) is 9.59 Å². The van der Waals surface area contributed by atoms with E-state index in [1.165, 1.54) is 70.6 Å². The van der Waals surface area contributed by atoms with Gasteiger partial charge in [-0.2, -0.15) is 0 Å². The van der Waals surface area contributed by atoms with E-state index in [-0.39, 0.29) is 6.42 Å². The molecule has 0 amide bonds. The van der Waals surface area contributed by atoms with Crippen LogP contribution in [0.15, 0.2) is 0 Å². The largest absolute Gasteiger partial charge is 0.550 e. The number of rotatable bonds is 25. The van der Waals surface area contributed by atoms with Crippen LogP contribution < -0.4 is 10.2 Å². The zero-order valence-electron chi connectivity index (χ0n) is 22.0. The lowest BCUT2D eigenvalue weighted by atomic mass is 10.0. The Hall–Kier alpha value is -2.16. The Morgan fingerprint density at radius 1 is 0.694 bits per heavy atom. The first-order chi connectivity index (χ1) is 17.3. The van der Waals surface area contributed by atoms with E-state index in [1.807, 2.05) is 0 Å². The molecule has 0 spiro atoms. The fourth-order valence-electron chi connectivity index (χ4n) is 3.90. The van der Waals surface area contributed by atoms with Gasteiger partial charge >= 0.3 is 11.9 Å². The Balaban J connectivity index is 3.75. The number of unbranched alkanes of at least 4 members (excludes halogenated alkanes) is 14. The van der Waals surface area contributed by atoms with Crippen LogP contribution in [-0.4, -0.2) is 48.3 Å². The summed E-state index contributed by atoms with van der Waals surface area (Å²) < 4.78 is 9.90. The first kappa shape index (κ1) is 33.8. The Kier molecular flexibility index (Phi) is 21.9. The number of hydrogen-bond acceptors (Lipinski definition) is 9. The highest BCUT2D eigenvalue weighted by atomic mass is 16.6. The normalized spacial score (nSPS) is 12.6. The molecule has 0 saturated heterocycles. The Morgan fingerprint density at radius 3 is 1.58 bits per heavy atom. The van der Waals surface area contributed by atoms with Gasteiger partial charge in [-0.05, 0) is 12.8 Å². The van der Waals surface area contributed by atoms with Crippen LogP contribution >= 0.6 is 0 Å². The molecule has 9 nitrogen and oxygen atoms in total. The van der Waals surface area contributed by atoms with Crippen LogP contribution in [0.25, 0.3) is 0 Å². The van der Waals surface area contributed by atoms with Gasteiger partial charge in [-0.25, -0.2) is 0 Å². The van der Waals surface area contributed by atoms with Gasteiger partial charge in [-0.15, -0.1) is 0 Å². The molecule has 2 atom stereocenters. The van der Waals surface area contributed by atoms with Gasteiger partial charge in [0.05, 0.1) is 13.0 Å². The third kappa shape index (κ3) is 21.1. The predicted octanol–water partition coefficient (Wildman–Crippen LogP) is 2.59. The quantitative estimate of drug-likeness (QED) is 0.143. The van der Waals surface area contributed by atoms with Crippen molar-refractivity contribution >= 4 is 23.9 Å². The molecule has 0 aliphatic carbocycles. The van der Waals surface area contributed by atoms with E-state index in [2.05, 4.69) is 6.92 Å². The number of ether oxygens (including phenoxy) is 2. The van der Waals surface area contributed by atoms with E-state index in [4.69, 9.17) is 9.47 Å². The van der Waals surface area contributed by atoms with E-state index < -0.39 is 62.0 Å². The van der Waals surface area contributed by atoms with Crippen LogP contribution in [-0.2, 0) is 28.7 Å². The number of carboxylic acid groups (broad SMARTS) is 2. The Labute approximate surface area is 215 Å². The second-order valence-electron chi connectivity index (χ2n) is 9.47. The molecule has 0 heterocycles. The number of carbonyl (C=O) groups is 4. The molecule has 0 aromatic rings. The molecule has 0 aromatic carbocycles. The molecule has 0 aromatic heterocycles. The molecule has 9 heteroatoms. The second-order valence-corrected chi connectivity index (χ2v) is 9.47. The molecule has 1 N–H and O–H groups in total. The van der Waals surface area contributed by atoms with Gasteiger partial charge in [0.1, 0.15) is 6.61 Å². The van der Waals surface area contributed by atoms with E-state index >= 15 is 0 Å². The first-order valence-electron chi connectivity index (χ1n) is 13.7. The van der Waals surface area contributed by atoms with E-state index in [0.29, 0.717) is 6.42 Å². The number of carbonyl (C=O) groups excluding carboxylic acids is 4. The number of carboxylic acids is 2. The van der Waals surface area contributed by atoms with Crippen LogP contribution in [0.4, 0.5) is 0 Å². The molecule has 0 bridgehead atoms. The summed E-state index contributed by atoms with van der Waals surface area (Å²) in [5, 5.41) is 30.7. The first-order valence-corrected chi connectivity index (χ1v) is 13.7. The van der Waals surface area contributed by atoms with Crippen LogP contribution in [0.5, 0.6) is 0 Å². The fourth-order valence-corrected chi connectivity index (χ4v) is 3.90. The zero-order valence-corrected chi connectivity index (χ0v) is 22.0. The van der Waals surface area contributed by atoms with Crippen molar-refractivity contribution in [2.75, 3.05) is 13.2 Å². The fraction of sp³-hybridized carbons (Fsp3) is 0.852. The van der Waals surface area contributed by atoms with Gasteiger partial charge in [0, 0.05) is 24.3 Å². The van der Waals surface area contributed by atoms with Crippen molar-refractivity contribution in [3.8, 4) is 0 Å². The summed E-state index contributed by atoms with van der Waals surface area (Å²) in [4.78, 5) is 45.1. The smallest absolute Gasteiger partial charge is 0.306 e. The minimum atomic E-state index is -1.70. The number of aliphatic hydroxyl groups is 1. The van der Waals surface area contributed by atoms with Gasteiger partial charge in [0.2, 0.25) is 0 Å². The second kappa shape index (κ2) is 23.3. The molecule has 36 heavy (non-hydrogen) atoms. The summed E-state index contributed by atoms with van der Waals surface area (Å²) in [7, 11) is 0. The average molecular weight is 515 g/mol. The third-order valence-electron chi connectivity index (χ3n) is 6.08. The lowest BCUT2D eigenvalue weighted by molar-refractivity contribution is -0.320. The summed E-state index contributed by atoms with van der Waals surface area (Å²) in [6, 6.07) is 0. The van der Waals surface area contributed by atoms with Crippen LogP contribution in [0.1, 0.15) is 122 Å². The number of hydrogen-bond donors (Lipinski definition) is 1. The Morgan fingerprint density at radius 2 is 1.17 bits per heavy atom. The van der Waals surface area contributed by atoms with E-state index in [9.17, 15) is 34.5 Å². The van der Waals surface area contributed by atoms with Crippen molar-refractivity contribution < 1.29 is 44.0 Å². The van der Waals surface area contributed by atoms with Crippen molar-refractivity contribution in [1.29, 1.82) is 0 Å². The lowest BCUT2D eigenvalue weighted by Crippen LogP contribution is -2.38. The summed E-state index contributed by atoms with van der Waals surface area (Å²) in [6.07, 6.45) is 15.8. The van der Waals surface area contributed by atoms with Crippen molar-refractivity contribution in [3.05, 3.63) is 0 Å². The topological polar surface area (TPSA) is 153 Å². The third-order valence-corrected chi connectivity index (χ3v) is 6.08. The molecule has 0 aliphatic rings. The van der Waals surface area contributed by atoms with Crippen molar-refractivity contribution in [2.24, 2.45) is 5.92 Å². The zero-order chi connectivity index (χ0) is 27.0. The number of esters is 2. The average Bonchev–Trinajstić information content (AvgIpc) is 2.83. The number of aliphatic carboxylic acids is 2. The van der Waals surface area contributed by atoms with Gasteiger partial charge in [0.15, 0.2) is 6.10 Å². The van der Waals surface area contributed by atoms with Gasteiger partial charge in [0.25, 0.3) is 0 Å². The van der Waals surface area contributed by atoms with Gasteiger partial charge in [-0.1, -0.05) is 96.8 Å². The highest BCUT2D eigenvalue weighted by Crippen LogP contribution is 2.14. The molecule has 210 valence electrons. The maximum absolute atomic E-state index is 11.9. The summed E-state index contributed by atoms with van der Waals surface area (Å²) in [6.45, 7) is 1.22. The predicted molar refractivity (Wildman–Crippen MR) is 130 cm³/mol. The summed E-state index contributed by atoms with van der Waals surface area (Å²) in [5.74, 6) is -6.42. The molecular weight excluding hydrogens is 468 g/mol. The highest BCUT2D eigenvalue weighted by molar-refractivity contribution is 5.81. The van der Waals surface area contributed by atoms with Crippen LogP contribution in [0.2, 0.25) is 0 Å². The molecule has 0 rings (SSSR count). The molecule has 2 unspecified atom stereocenters. The molecule has 0 aliphatic heterocycles. The summed E-state index contributed by atoms with van der Waals surface area (Å²) >= 11 is 0. The van der Waals surface area contributed by atoms with Crippen molar-refractivity contribution in [1.82, 2.24) is 0 Å². The maximum Gasteiger partial charge on any atom is 0.306 e. The summed E-state index contributed by atoms with van der Waals surface area (Å²) in [5.41, 5.74) is 0. The van der Waals surface area contributed by atoms with Crippen LogP contribution in [0.3, 0.4) is 0 Å². The minimum Gasteiger partial charge on any atom is -0.550 e. The van der Waals surface area contributed by atoms with Crippen molar-refractivity contribution in [3.63, 3.8) is 0 Å². The van der Waals surface area contributed by atoms with Crippen LogP contribution in [0, 0.1) is 5.92 Å². The maximum atomic E-state index is 11.9. The standard InChI is InChI=1S/C27H48O9/c1-2-3-4-5-6-7-8-9-10-11-12-13-14-15-16-17-25(31)36-23(20-28)21-35-26(32)19-22(27(33)34)18-24(29)30/h22-23,28H,2-21H2,1H3,(H,29,30)(H,33,34)/p-2. The van der Waals surface area contributed by atoms with E-state index in [0.717, 1.165) is 19.3 Å². The van der Waals surface area contributed by atoms with Gasteiger partial charge < -0.3 is 34.4 Å². The number of aliphatic hydroxyl groups excluding tert-OH is 1. The molecule has 0 radical (unpaired) electrons. The monoisotopic (exact) mass is 514 g/mol. The Bertz CT molecular complexity index is 606. The minimum absolute atomic E-state index is 0.196. The van der Waals surface area contributed by atoms with E-state index in [1.54, 1.807) is 0 Å². The van der Waals surface area contributed by atoms with Crippen molar-refractivity contribution in [2.45, 2.75) is 129 Å². The molecule has 0 fully saturated rings. The highest BCUT2D eigenvalue weighted by Gasteiger charge is 2.20. The lowest BCUT2D eigenvalue weighted by Gasteiger charge is -2.19. The molecular formula is C27H46O9-2. The SMILES string of the molecule is CCCCCCCCCCCCCCCCCC(=O)OC(CO)COC(=O)CC(CC(=O)[O-])C(=O)[O-].